The van der Waals surface area contributed by atoms with Crippen LogP contribution in [-0.4, -0.2) is 34.4 Å². The predicted octanol–water partition coefficient (Wildman–Crippen LogP) is 1.07. The summed E-state index contributed by atoms with van der Waals surface area (Å²) in [6.45, 7) is 1.71. The van der Waals surface area contributed by atoms with Gasteiger partial charge < -0.3 is 15.2 Å². The lowest BCUT2D eigenvalue weighted by atomic mass is 9.99. The summed E-state index contributed by atoms with van der Waals surface area (Å²) in [6, 6.07) is 6.94. The smallest absolute Gasteiger partial charge is 0.255 e. The molecule has 21 heavy (non-hydrogen) atoms. The number of nitrogens with one attached hydrogen (secondary N) is 1. The molecular formula is C15H19N3O3. The molecule has 6 heteroatoms. The van der Waals surface area contributed by atoms with E-state index in [2.05, 4.69) is 10.4 Å². The average molecular weight is 289 g/mol. The van der Waals surface area contributed by atoms with Gasteiger partial charge in [0, 0.05) is 18.8 Å². The van der Waals surface area contributed by atoms with Gasteiger partial charge in [0.25, 0.3) is 5.91 Å². The highest BCUT2D eigenvalue weighted by atomic mass is 16.5. The van der Waals surface area contributed by atoms with E-state index in [0.29, 0.717) is 16.9 Å². The number of benzene rings is 1. The lowest BCUT2D eigenvalue weighted by Crippen LogP contribution is -2.38. The van der Waals surface area contributed by atoms with E-state index in [4.69, 9.17) is 4.74 Å². The molecule has 0 radical (unpaired) electrons. The fraction of sp³-hybridized carbons (Fsp3) is 0.333. The second-order valence-electron chi connectivity index (χ2n) is 5.06. The van der Waals surface area contributed by atoms with Crippen molar-refractivity contribution in [2.75, 3.05) is 13.7 Å². The van der Waals surface area contributed by atoms with Gasteiger partial charge in [-0.3, -0.25) is 9.48 Å². The number of carbonyl (C=O) groups excluding carboxylic acids is 1. The van der Waals surface area contributed by atoms with Gasteiger partial charge in [-0.2, -0.15) is 5.10 Å². The zero-order chi connectivity index (χ0) is 15.5. The number of carbonyl (C=O) groups is 1. The van der Waals surface area contributed by atoms with E-state index in [1.54, 1.807) is 55.3 Å². The van der Waals surface area contributed by atoms with Crippen molar-refractivity contribution in [1.29, 1.82) is 0 Å². The quantitative estimate of drug-likeness (QED) is 0.863. The molecule has 0 aliphatic rings. The van der Waals surface area contributed by atoms with Gasteiger partial charge in [0.15, 0.2) is 0 Å². The zero-order valence-corrected chi connectivity index (χ0v) is 12.3. The Morgan fingerprint density at radius 1 is 1.48 bits per heavy atom. The largest absolute Gasteiger partial charge is 0.496 e. The van der Waals surface area contributed by atoms with Crippen LogP contribution < -0.4 is 10.1 Å². The van der Waals surface area contributed by atoms with E-state index >= 15 is 0 Å². The number of aromatic nitrogens is 2. The number of aryl methyl sites for hydroxylation is 1. The van der Waals surface area contributed by atoms with Crippen LogP contribution in [0.4, 0.5) is 0 Å². The second kappa shape index (κ2) is 5.97. The van der Waals surface area contributed by atoms with Gasteiger partial charge in [-0.15, -0.1) is 0 Å². The van der Waals surface area contributed by atoms with Crippen molar-refractivity contribution in [1.82, 2.24) is 15.1 Å². The van der Waals surface area contributed by atoms with Crippen molar-refractivity contribution in [3.63, 3.8) is 0 Å². The SMILES string of the molecule is COc1ccccc1C(=O)NCC(C)(O)c1cnn(C)c1. The first-order valence-corrected chi connectivity index (χ1v) is 6.57. The lowest BCUT2D eigenvalue weighted by Gasteiger charge is -2.22. The number of aliphatic hydroxyl groups is 1. The highest BCUT2D eigenvalue weighted by Gasteiger charge is 2.26. The molecule has 0 saturated carbocycles. The molecule has 1 amide bonds. The average Bonchev–Trinajstić information content (AvgIpc) is 2.92. The van der Waals surface area contributed by atoms with Crippen LogP contribution in [0, 0.1) is 0 Å². The Morgan fingerprint density at radius 2 is 2.19 bits per heavy atom. The van der Waals surface area contributed by atoms with E-state index in [1.165, 1.54) is 7.11 Å². The fourth-order valence-corrected chi connectivity index (χ4v) is 1.98. The van der Waals surface area contributed by atoms with Crippen LogP contribution in [0.15, 0.2) is 36.7 Å². The molecule has 2 aromatic rings. The summed E-state index contributed by atoms with van der Waals surface area (Å²) in [5.41, 5.74) is -0.112. The summed E-state index contributed by atoms with van der Waals surface area (Å²) < 4.78 is 6.75. The molecule has 0 spiro atoms. The highest BCUT2D eigenvalue weighted by Crippen LogP contribution is 2.20. The molecule has 0 aliphatic heterocycles. The highest BCUT2D eigenvalue weighted by molar-refractivity contribution is 5.96. The summed E-state index contributed by atoms with van der Waals surface area (Å²) in [4.78, 5) is 12.2. The third-order valence-electron chi connectivity index (χ3n) is 3.27. The molecular weight excluding hydrogens is 270 g/mol. The Morgan fingerprint density at radius 3 is 2.81 bits per heavy atom. The van der Waals surface area contributed by atoms with Crippen LogP contribution in [0.25, 0.3) is 0 Å². The van der Waals surface area contributed by atoms with Gasteiger partial charge >= 0.3 is 0 Å². The molecule has 112 valence electrons. The topological polar surface area (TPSA) is 76.4 Å². The molecule has 2 rings (SSSR count). The molecule has 0 bridgehead atoms. The first kappa shape index (κ1) is 15.1. The van der Waals surface area contributed by atoms with Gasteiger partial charge in [-0.25, -0.2) is 0 Å². The number of nitrogens with zero attached hydrogens (tertiary/aromatic N) is 2. The second-order valence-corrected chi connectivity index (χ2v) is 5.06. The van der Waals surface area contributed by atoms with E-state index < -0.39 is 5.60 Å². The predicted molar refractivity (Wildman–Crippen MR) is 78.1 cm³/mol. The van der Waals surface area contributed by atoms with Gasteiger partial charge in [0.2, 0.25) is 0 Å². The third-order valence-corrected chi connectivity index (χ3v) is 3.27. The maximum absolute atomic E-state index is 12.2. The van der Waals surface area contributed by atoms with E-state index in [1.807, 2.05) is 0 Å². The molecule has 1 atom stereocenters. The molecule has 1 heterocycles. The Kier molecular flexibility index (Phi) is 4.28. The number of hydrogen-bond acceptors (Lipinski definition) is 4. The Hall–Kier alpha value is -2.34. The summed E-state index contributed by atoms with van der Waals surface area (Å²) >= 11 is 0. The Bertz CT molecular complexity index is 635. The molecule has 6 nitrogen and oxygen atoms in total. The number of ether oxygens (including phenoxy) is 1. The van der Waals surface area contributed by atoms with Crippen LogP contribution in [-0.2, 0) is 12.6 Å². The Labute approximate surface area is 123 Å². The molecule has 1 aromatic heterocycles. The van der Waals surface area contributed by atoms with Crippen molar-refractivity contribution in [3.8, 4) is 5.75 Å². The molecule has 1 aromatic carbocycles. The minimum atomic E-state index is -1.19. The van der Waals surface area contributed by atoms with Crippen LogP contribution in [0.1, 0.15) is 22.8 Å². The minimum absolute atomic E-state index is 0.0789. The monoisotopic (exact) mass is 289 g/mol. The van der Waals surface area contributed by atoms with E-state index in [-0.39, 0.29) is 12.5 Å². The van der Waals surface area contributed by atoms with E-state index in [0.717, 1.165) is 0 Å². The normalized spacial score (nSPS) is 13.5. The summed E-state index contributed by atoms with van der Waals surface area (Å²) in [5.74, 6) is 0.202. The maximum atomic E-state index is 12.2. The summed E-state index contributed by atoms with van der Waals surface area (Å²) in [6.07, 6.45) is 3.30. The van der Waals surface area contributed by atoms with Crippen LogP contribution >= 0.6 is 0 Å². The van der Waals surface area contributed by atoms with Gasteiger partial charge in [-0.05, 0) is 19.1 Å². The molecule has 0 aliphatic carbocycles. The van der Waals surface area contributed by atoms with Crippen molar-refractivity contribution >= 4 is 5.91 Å². The van der Waals surface area contributed by atoms with Crippen LogP contribution in [0.5, 0.6) is 5.75 Å². The van der Waals surface area contributed by atoms with Gasteiger partial charge in [-0.1, -0.05) is 12.1 Å². The van der Waals surface area contributed by atoms with Crippen molar-refractivity contribution < 1.29 is 14.6 Å². The zero-order valence-electron chi connectivity index (χ0n) is 12.3. The summed E-state index contributed by atoms with van der Waals surface area (Å²) in [7, 11) is 3.28. The molecule has 2 N–H and O–H groups in total. The summed E-state index contributed by atoms with van der Waals surface area (Å²) in [5, 5.41) is 17.2. The van der Waals surface area contributed by atoms with Crippen molar-refractivity contribution in [2.45, 2.75) is 12.5 Å². The van der Waals surface area contributed by atoms with Crippen LogP contribution in [0.3, 0.4) is 0 Å². The van der Waals surface area contributed by atoms with Crippen molar-refractivity contribution in [3.05, 3.63) is 47.8 Å². The van der Waals surface area contributed by atoms with Gasteiger partial charge in [0.1, 0.15) is 11.4 Å². The first-order chi connectivity index (χ1) is 9.94. The van der Waals surface area contributed by atoms with E-state index in [9.17, 15) is 9.90 Å². The molecule has 0 saturated heterocycles. The number of rotatable bonds is 5. The van der Waals surface area contributed by atoms with Gasteiger partial charge in [0.05, 0.1) is 25.4 Å². The third kappa shape index (κ3) is 3.41. The molecule has 0 fully saturated rings. The first-order valence-electron chi connectivity index (χ1n) is 6.57. The lowest BCUT2D eigenvalue weighted by molar-refractivity contribution is 0.0525. The standard InChI is InChI=1S/C15H19N3O3/c1-15(20,11-8-17-18(2)9-11)10-16-14(19)12-6-4-5-7-13(12)21-3/h4-9,20H,10H2,1-3H3,(H,16,19). The molecule has 1 unspecified atom stereocenters. The fourth-order valence-electron chi connectivity index (χ4n) is 1.98. The minimum Gasteiger partial charge on any atom is -0.496 e. The van der Waals surface area contributed by atoms with Crippen LogP contribution in [0.2, 0.25) is 0 Å². The Balaban J connectivity index is 2.07. The number of amides is 1. The number of para-hydroxylation sites is 1. The van der Waals surface area contributed by atoms with Crippen molar-refractivity contribution in [2.24, 2.45) is 7.05 Å². The maximum Gasteiger partial charge on any atom is 0.255 e. The number of methoxy groups -OCH3 is 1. The number of hydrogen-bond donors (Lipinski definition) is 2.